The second-order valence-corrected chi connectivity index (χ2v) is 5.72. The van der Waals surface area contributed by atoms with E-state index in [0.29, 0.717) is 26.4 Å². The fourth-order valence-electron chi connectivity index (χ4n) is 2.17. The molecule has 102 valence electrons. The fraction of sp³-hybridized carbons (Fsp3) is 1.00. The van der Waals surface area contributed by atoms with E-state index >= 15 is 0 Å². The lowest BCUT2D eigenvalue weighted by Gasteiger charge is -2.38. The van der Waals surface area contributed by atoms with Gasteiger partial charge in [0.25, 0.3) is 0 Å². The summed E-state index contributed by atoms with van der Waals surface area (Å²) in [6, 6.07) is 0. The van der Waals surface area contributed by atoms with Gasteiger partial charge in [-0.15, -0.1) is 0 Å². The first-order valence-electron chi connectivity index (χ1n) is 6.49. The smallest absolute Gasteiger partial charge is 0.0772 e. The molecule has 0 bridgehead atoms. The number of hydrogen-bond acceptors (Lipinski definition) is 3. The molecular formula is C13H25IO3. The van der Waals surface area contributed by atoms with Gasteiger partial charge in [-0.1, -0.05) is 29.5 Å². The van der Waals surface area contributed by atoms with E-state index in [0.717, 1.165) is 10.3 Å². The highest BCUT2D eigenvalue weighted by molar-refractivity contribution is 14.1. The van der Waals surface area contributed by atoms with Crippen LogP contribution >= 0.6 is 22.6 Å². The van der Waals surface area contributed by atoms with Crippen LogP contribution in [0.1, 0.15) is 32.6 Å². The van der Waals surface area contributed by atoms with Crippen LogP contribution in [0.4, 0.5) is 0 Å². The average Bonchev–Trinajstić information content (AvgIpc) is 2.36. The molecular weight excluding hydrogens is 331 g/mol. The molecule has 0 N–H and O–H groups in total. The summed E-state index contributed by atoms with van der Waals surface area (Å²) in [5, 5.41) is 0. The van der Waals surface area contributed by atoms with Crippen LogP contribution in [0.5, 0.6) is 0 Å². The topological polar surface area (TPSA) is 27.7 Å². The molecule has 1 aliphatic carbocycles. The van der Waals surface area contributed by atoms with Gasteiger partial charge in [-0.2, -0.15) is 0 Å². The molecule has 0 spiro atoms. The van der Waals surface area contributed by atoms with E-state index in [-0.39, 0.29) is 5.60 Å². The first-order valence-corrected chi connectivity index (χ1v) is 8.01. The molecule has 0 aromatic heterocycles. The highest BCUT2D eigenvalue weighted by atomic mass is 127. The normalized spacial score (nSPS) is 29.5. The van der Waals surface area contributed by atoms with E-state index < -0.39 is 0 Å². The molecule has 0 aromatic carbocycles. The molecule has 17 heavy (non-hydrogen) atoms. The van der Waals surface area contributed by atoms with Crippen molar-refractivity contribution in [2.24, 2.45) is 5.92 Å². The zero-order valence-corrected chi connectivity index (χ0v) is 13.2. The van der Waals surface area contributed by atoms with E-state index in [1.165, 1.54) is 25.7 Å². The van der Waals surface area contributed by atoms with Crippen molar-refractivity contribution in [3.8, 4) is 0 Å². The molecule has 1 fully saturated rings. The predicted molar refractivity (Wildman–Crippen MR) is 77.9 cm³/mol. The molecule has 0 unspecified atom stereocenters. The Morgan fingerprint density at radius 2 is 1.76 bits per heavy atom. The number of halogens is 1. The van der Waals surface area contributed by atoms with Crippen LogP contribution in [0, 0.1) is 5.92 Å². The molecule has 0 amide bonds. The van der Waals surface area contributed by atoms with E-state index in [2.05, 4.69) is 29.5 Å². The minimum absolute atomic E-state index is 0.123. The Morgan fingerprint density at radius 1 is 1.12 bits per heavy atom. The Kier molecular flexibility index (Phi) is 7.99. The molecule has 0 radical (unpaired) electrons. The highest BCUT2D eigenvalue weighted by Gasteiger charge is 2.33. The molecule has 0 heterocycles. The number of rotatable bonds is 8. The summed E-state index contributed by atoms with van der Waals surface area (Å²) in [5.41, 5.74) is 0.123. The second kappa shape index (κ2) is 8.67. The summed E-state index contributed by atoms with van der Waals surface area (Å²) >= 11 is 2.46. The summed E-state index contributed by atoms with van der Waals surface area (Å²) in [6.07, 6.45) is 5.01. The molecule has 1 aliphatic rings. The van der Waals surface area contributed by atoms with Crippen molar-refractivity contribution in [3.63, 3.8) is 0 Å². The summed E-state index contributed by atoms with van der Waals surface area (Å²) in [5.74, 6) is 0.868. The van der Waals surface area contributed by atoms with Crippen molar-refractivity contribution in [1.29, 1.82) is 0 Å². The zero-order valence-electron chi connectivity index (χ0n) is 11.0. The van der Waals surface area contributed by atoms with Gasteiger partial charge in [0.05, 0.1) is 32.0 Å². The maximum Gasteiger partial charge on any atom is 0.0772 e. The van der Waals surface area contributed by atoms with Crippen molar-refractivity contribution in [3.05, 3.63) is 0 Å². The predicted octanol–water partition coefficient (Wildman–Crippen LogP) is 3.05. The molecule has 4 heteroatoms. The minimum Gasteiger partial charge on any atom is -0.382 e. The third-order valence-corrected chi connectivity index (χ3v) is 4.89. The van der Waals surface area contributed by atoms with Crippen molar-refractivity contribution in [1.82, 2.24) is 0 Å². The van der Waals surface area contributed by atoms with Gasteiger partial charge in [-0.25, -0.2) is 0 Å². The van der Waals surface area contributed by atoms with Crippen LogP contribution in [-0.4, -0.2) is 43.6 Å². The van der Waals surface area contributed by atoms with E-state index in [1.54, 1.807) is 7.11 Å². The number of alkyl halides is 1. The Morgan fingerprint density at radius 3 is 2.35 bits per heavy atom. The second-order valence-electron chi connectivity index (χ2n) is 4.95. The van der Waals surface area contributed by atoms with Gasteiger partial charge in [0, 0.05) is 11.5 Å². The fourth-order valence-corrected chi connectivity index (χ4v) is 3.15. The van der Waals surface area contributed by atoms with Crippen molar-refractivity contribution in [2.45, 2.75) is 38.2 Å². The van der Waals surface area contributed by atoms with Gasteiger partial charge in [-0.3, -0.25) is 0 Å². The van der Waals surface area contributed by atoms with Crippen LogP contribution in [0.25, 0.3) is 0 Å². The molecule has 0 aliphatic heterocycles. The van der Waals surface area contributed by atoms with E-state index in [9.17, 15) is 0 Å². The lowest BCUT2D eigenvalue weighted by atomic mass is 9.80. The Labute approximate surface area is 119 Å². The Bertz CT molecular complexity index is 191. The van der Waals surface area contributed by atoms with Crippen LogP contribution in [0.2, 0.25) is 0 Å². The molecule has 1 rings (SSSR count). The van der Waals surface area contributed by atoms with Crippen molar-refractivity contribution >= 4 is 22.6 Å². The average molecular weight is 356 g/mol. The first-order chi connectivity index (χ1) is 8.22. The maximum atomic E-state index is 6.07. The molecule has 0 saturated heterocycles. The maximum absolute atomic E-state index is 6.07. The summed E-state index contributed by atoms with van der Waals surface area (Å²) in [4.78, 5) is 0. The van der Waals surface area contributed by atoms with E-state index in [4.69, 9.17) is 14.2 Å². The first kappa shape index (κ1) is 15.7. The molecule has 0 atom stereocenters. The monoisotopic (exact) mass is 356 g/mol. The number of hydrogen-bond donors (Lipinski definition) is 0. The Hall–Kier alpha value is 0.610. The van der Waals surface area contributed by atoms with Gasteiger partial charge in [-0.05, 0) is 31.6 Å². The lowest BCUT2D eigenvalue weighted by Crippen LogP contribution is -2.39. The van der Waals surface area contributed by atoms with Crippen molar-refractivity contribution < 1.29 is 14.2 Å². The SMILES string of the molecule is COCCOCCOC1(CI)CCC(C)CC1. The van der Waals surface area contributed by atoms with Gasteiger partial charge in [0.2, 0.25) is 0 Å². The van der Waals surface area contributed by atoms with Gasteiger partial charge in [0.15, 0.2) is 0 Å². The summed E-state index contributed by atoms with van der Waals surface area (Å²) in [6.45, 7) is 5.05. The highest BCUT2D eigenvalue weighted by Crippen LogP contribution is 2.36. The third-order valence-electron chi connectivity index (χ3n) is 3.50. The Balaban J connectivity index is 2.14. The number of ether oxygens (including phenoxy) is 3. The van der Waals surface area contributed by atoms with E-state index in [1.807, 2.05) is 0 Å². The van der Waals surface area contributed by atoms with Crippen LogP contribution in [-0.2, 0) is 14.2 Å². The standard InChI is InChI=1S/C13H25IO3/c1-12-3-5-13(11-14,6-4-12)17-10-9-16-8-7-15-2/h12H,3-11H2,1-2H3. The molecule has 1 saturated carbocycles. The summed E-state index contributed by atoms with van der Waals surface area (Å²) < 4.78 is 17.5. The third kappa shape index (κ3) is 5.85. The quantitative estimate of drug-likeness (QED) is 0.380. The molecule has 3 nitrogen and oxygen atoms in total. The van der Waals surface area contributed by atoms with Crippen LogP contribution < -0.4 is 0 Å². The largest absolute Gasteiger partial charge is 0.382 e. The van der Waals surface area contributed by atoms with Crippen molar-refractivity contribution in [2.75, 3.05) is 38.0 Å². The zero-order chi connectivity index (χ0) is 12.6. The van der Waals surface area contributed by atoms with Gasteiger partial charge in [0.1, 0.15) is 0 Å². The van der Waals surface area contributed by atoms with Crippen LogP contribution in [0.15, 0.2) is 0 Å². The molecule has 0 aromatic rings. The minimum atomic E-state index is 0.123. The number of methoxy groups -OCH3 is 1. The van der Waals surface area contributed by atoms with Crippen LogP contribution in [0.3, 0.4) is 0 Å². The summed E-state index contributed by atoms with van der Waals surface area (Å²) in [7, 11) is 1.69. The lowest BCUT2D eigenvalue weighted by molar-refractivity contribution is -0.0790. The van der Waals surface area contributed by atoms with Gasteiger partial charge >= 0.3 is 0 Å². The van der Waals surface area contributed by atoms with Gasteiger partial charge < -0.3 is 14.2 Å².